The van der Waals surface area contributed by atoms with E-state index in [1.54, 1.807) is 12.1 Å². The number of hydrogen-bond acceptors (Lipinski definition) is 2. The minimum Gasteiger partial charge on any atom is -0.207 e. The lowest BCUT2D eigenvalue weighted by Gasteiger charge is -2.14. The molecule has 2 aromatic carbocycles. The summed E-state index contributed by atoms with van der Waals surface area (Å²) in [5, 5.41) is 0. The van der Waals surface area contributed by atoms with Gasteiger partial charge in [-0.25, -0.2) is 13.1 Å². The van der Waals surface area contributed by atoms with Gasteiger partial charge >= 0.3 is 0 Å². The SMILES string of the molecule is CCc1ccc(S(=O)(=O)N[C@@H](C)c2ccccc2)cc1. The van der Waals surface area contributed by atoms with Crippen LogP contribution in [0.5, 0.6) is 0 Å². The van der Waals surface area contributed by atoms with Gasteiger partial charge in [-0.05, 0) is 36.6 Å². The normalized spacial score (nSPS) is 13.1. The van der Waals surface area contributed by atoms with Crippen molar-refractivity contribution in [3.63, 3.8) is 0 Å². The van der Waals surface area contributed by atoms with Crippen molar-refractivity contribution in [2.24, 2.45) is 0 Å². The molecule has 106 valence electrons. The Bertz CT molecular complexity index is 649. The van der Waals surface area contributed by atoms with Crippen LogP contribution in [-0.4, -0.2) is 8.42 Å². The molecule has 0 bridgehead atoms. The summed E-state index contributed by atoms with van der Waals surface area (Å²) in [5.74, 6) is 0. The molecule has 0 spiro atoms. The van der Waals surface area contributed by atoms with E-state index in [9.17, 15) is 8.42 Å². The number of nitrogens with one attached hydrogen (secondary N) is 1. The predicted octanol–water partition coefficient (Wildman–Crippen LogP) is 3.29. The van der Waals surface area contributed by atoms with Crippen LogP contribution in [0.4, 0.5) is 0 Å². The van der Waals surface area contributed by atoms with E-state index < -0.39 is 10.0 Å². The van der Waals surface area contributed by atoms with Gasteiger partial charge in [-0.2, -0.15) is 0 Å². The zero-order chi connectivity index (χ0) is 14.6. The van der Waals surface area contributed by atoms with Crippen molar-refractivity contribution in [2.75, 3.05) is 0 Å². The smallest absolute Gasteiger partial charge is 0.207 e. The minimum absolute atomic E-state index is 0.257. The van der Waals surface area contributed by atoms with Crippen LogP contribution in [0.25, 0.3) is 0 Å². The molecule has 0 amide bonds. The second kappa shape index (κ2) is 6.20. The highest BCUT2D eigenvalue weighted by Gasteiger charge is 2.17. The number of sulfonamides is 1. The largest absolute Gasteiger partial charge is 0.241 e. The zero-order valence-corrected chi connectivity index (χ0v) is 12.5. The van der Waals surface area contributed by atoms with Crippen molar-refractivity contribution in [3.8, 4) is 0 Å². The van der Waals surface area contributed by atoms with Crippen molar-refractivity contribution < 1.29 is 8.42 Å². The number of hydrogen-bond donors (Lipinski definition) is 1. The first-order valence-electron chi connectivity index (χ1n) is 6.69. The fourth-order valence-electron chi connectivity index (χ4n) is 2.01. The van der Waals surface area contributed by atoms with Gasteiger partial charge in [-0.3, -0.25) is 0 Å². The molecule has 2 rings (SSSR count). The quantitative estimate of drug-likeness (QED) is 0.918. The van der Waals surface area contributed by atoms with Crippen LogP contribution >= 0.6 is 0 Å². The van der Waals surface area contributed by atoms with Gasteiger partial charge in [-0.15, -0.1) is 0 Å². The summed E-state index contributed by atoms with van der Waals surface area (Å²) in [6.45, 7) is 3.88. The van der Waals surface area contributed by atoms with Gasteiger partial charge in [0.05, 0.1) is 4.90 Å². The van der Waals surface area contributed by atoms with E-state index in [0.717, 1.165) is 17.5 Å². The third-order valence-electron chi connectivity index (χ3n) is 3.27. The van der Waals surface area contributed by atoms with Gasteiger partial charge in [-0.1, -0.05) is 49.4 Å². The first kappa shape index (κ1) is 14.8. The summed E-state index contributed by atoms with van der Waals surface area (Å²) in [4.78, 5) is 0.303. The lowest BCUT2D eigenvalue weighted by Crippen LogP contribution is -2.26. The lowest BCUT2D eigenvalue weighted by molar-refractivity contribution is 0.567. The lowest BCUT2D eigenvalue weighted by atomic mass is 10.1. The molecule has 0 heterocycles. The maximum Gasteiger partial charge on any atom is 0.241 e. The minimum atomic E-state index is -3.48. The second-order valence-corrected chi connectivity index (χ2v) is 6.47. The van der Waals surface area contributed by atoms with Gasteiger partial charge in [0.15, 0.2) is 0 Å². The summed E-state index contributed by atoms with van der Waals surface area (Å²) in [6, 6.07) is 16.3. The summed E-state index contributed by atoms with van der Waals surface area (Å²) in [5.41, 5.74) is 2.07. The van der Waals surface area contributed by atoms with E-state index in [1.807, 2.05) is 56.3 Å². The van der Waals surface area contributed by atoms with Gasteiger partial charge in [0, 0.05) is 6.04 Å². The van der Waals surface area contributed by atoms with Crippen molar-refractivity contribution in [3.05, 3.63) is 65.7 Å². The zero-order valence-electron chi connectivity index (χ0n) is 11.7. The van der Waals surface area contributed by atoms with Gasteiger partial charge < -0.3 is 0 Å². The molecule has 0 aliphatic rings. The van der Waals surface area contributed by atoms with E-state index in [0.29, 0.717) is 4.90 Å². The van der Waals surface area contributed by atoms with Crippen molar-refractivity contribution >= 4 is 10.0 Å². The summed E-state index contributed by atoms with van der Waals surface area (Å²) in [7, 11) is -3.48. The van der Waals surface area contributed by atoms with E-state index in [2.05, 4.69) is 4.72 Å². The molecule has 0 fully saturated rings. The average molecular weight is 289 g/mol. The highest BCUT2D eigenvalue weighted by Crippen LogP contribution is 2.17. The van der Waals surface area contributed by atoms with Gasteiger partial charge in [0.25, 0.3) is 0 Å². The van der Waals surface area contributed by atoms with Crippen molar-refractivity contribution in [1.82, 2.24) is 4.72 Å². The fraction of sp³-hybridized carbons (Fsp3) is 0.250. The van der Waals surface area contributed by atoms with Crippen LogP contribution < -0.4 is 4.72 Å². The van der Waals surface area contributed by atoms with Crippen LogP contribution in [0.2, 0.25) is 0 Å². The van der Waals surface area contributed by atoms with E-state index >= 15 is 0 Å². The summed E-state index contributed by atoms with van der Waals surface area (Å²) in [6.07, 6.45) is 0.897. The Hall–Kier alpha value is -1.65. The molecule has 0 aromatic heterocycles. The molecule has 2 aromatic rings. The molecule has 0 unspecified atom stereocenters. The van der Waals surface area contributed by atoms with Crippen LogP contribution in [0.1, 0.15) is 31.0 Å². The molecule has 0 aliphatic carbocycles. The number of aryl methyl sites for hydroxylation is 1. The van der Waals surface area contributed by atoms with Gasteiger partial charge in [0.1, 0.15) is 0 Å². The molecule has 0 aliphatic heterocycles. The molecule has 1 N–H and O–H groups in total. The van der Waals surface area contributed by atoms with Crippen molar-refractivity contribution in [1.29, 1.82) is 0 Å². The molecular weight excluding hydrogens is 270 g/mol. The molecule has 3 nitrogen and oxygen atoms in total. The molecule has 20 heavy (non-hydrogen) atoms. The summed E-state index contributed by atoms with van der Waals surface area (Å²) >= 11 is 0. The third-order valence-corrected chi connectivity index (χ3v) is 4.83. The third kappa shape index (κ3) is 3.46. The monoisotopic (exact) mass is 289 g/mol. The first-order valence-corrected chi connectivity index (χ1v) is 8.17. The Morgan fingerprint density at radius 3 is 2.15 bits per heavy atom. The Balaban J connectivity index is 2.18. The maximum atomic E-state index is 12.3. The maximum absolute atomic E-state index is 12.3. The molecule has 0 radical (unpaired) electrons. The Kier molecular flexibility index (Phi) is 4.57. The van der Waals surface area contributed by atoms with Crippen LogP contribution in [0.15, 0.2) is 59.5 Å². The van der Waals surface area contributed by atoms with E-state index in [1.165, 1.54) is 0 Å². The van der Waals surface area contributed by atoms with E-state index in [-0.39, 0.29) is 6.04 Å². The first-order chi connectivity index (χ1) is 9.53. The van der Waals surface area contributed by atoms with E-state index in [4.69, 9.17) is 0 Å². The highest BCUT2D eigenvalue weighted by molar-refractivity contribution is 7.89. The molecular formula is C16H19NO2S. The van der Waals surface area contributed by atoms with Crippen LogP contribution in [-0.2, 0) is 16.4 Å². The van der Waals surface area contributed by atoms with Crippen LogP contribution in [0.3, 0.4) is 0 Å². The number of rotatable bonds is 5. The Morgan fingerprint density at radius 1 is 1.00 bits per heavy atom. The number of benzene rings is 2. The average Bonchev–Trinajstić information content (AvgIpc) is 2.48. The van der Waals surface area contributed by atoms with Gasteiger partial charge in [0.2, 0.25) is 10.0 Å². The molecule has 4 heteroatoms. The van der Waals surface area contributed by atoms with Crippen LogP contribution in [0, 0.1) is 0 Å². The summed E-state index contributed by atoms with van der Waals surface area (Å²) < 4.78 is 27.3. The molecule has 1 atom stereocenters. The molecule has 0 saturated heterocycles. The highest BCUT2D eigenvalue weighted by atomic mass is 32.2. The standard InChI is InChI=1S/C16H19NO2S/c1-3-14-9-11-16(12-10-14)20(18,19)17-13(2)15-7-5-4-6-8-15/h4-13,17H,3H2,1-2H3/t13-/m0/s1. The van der Waals surface area contributed by atoms with Crippen molar-refractivity contribution in [2.45, 2.75) is 31.2 Å². The topological polar surface area (TPSA) is 46.2 Å². The second-order valence-electron chi connectivity index (χ2n) is 4.75. The Morgan fingerprint density at radius 2 is 1.60 bits per heavy atom. The fourth-order valence-corrected chi connectivity index (χ4v) is 3.25. The Labute approximate surface area is 120 Å². The predicted molar refractivity (Wildman–Crippen MR) is 81.0 cm³/mol. The molecule has 0 saturated carbocycles.